The van der Waals surface area contributed by atoms with E-state index in [1.54, 1.807) is 12.1 Å². The summed E-state index contributed by atoms with van der Waals surface area (Å²) in [4.78, 5) is 16.8. The molecule has 2 heterocycles. The Morgan fingerprint density at radius 2 is 2.21 bits per heavy atom. The Hall–Kier alpha value is -3.23. The number of carbonyl (C=O) groups excluding carboxylic acids is 1. The van der Waals surface area contributed by atoms with E-state index in [9.17, 15) is 9.18 Å². The summed E-state index contributed by atoms with van der Waals surface area (Å²) >= 11 is 6.10. The van der Waals surface area contributed by atoms with E-state index in [1.807, 2.05) is 20.0 Å². The Balaban J connectivity index is 2.01. The van der Waals surface area contributed by atoms with Crippen molar-refractivity contribution in [1.82, 2.24) is 15.6 Å². The molecule has 0 bridgehead atoms. The summed E-state index contributed by atoms with van der Waals surface area (Å²) in [5, 5.41) is 17.1. The van der Waals surface area contributed by atoms with Crippen molar-refractivity contribution in [3.8, 4) is 17.0 Å². The van der Waals surface area contributed by atoms with E-state index in [2.05, 4.69) is 20.9 Å². The molecule has 33 heavy (non-hydrogen) atoms. The van der Waals surface area contributed by atoms with Crippen LogP contribution in [-0.2, 0) is 4.79 Å². The molecule has 1 aliphatic heterocycles. The van der Waals surface area contributed by atoms with Gasteiger partial charge in [0, 0.05) is 28.8 Å². The highest BCUT2D eigenvalue weighted by Gasteiger charge is 2.21. The van der Waals surface area contributed by atoms with Crippen molar-refractivity contribution in [2.45, 2.75) is 19.8 Å². The zero-order valence-electron chi connectivity index (χ0n) is 18.6. The molecule has 174 valence electrons. The van der Waals surface area contributed by atoms with Crippen molar-refractivity contribution < 1.29 is 13.9 Å². The Morgan fingerprint density at radius 3 is 2.94 bits per heavy atom. The van der Waals surface area contributed by atoms with Gasteiger partial charge in [0.1, 0.15) is 12.4 Å². The van der Waals surface area contributed by atoms with Crippen molar-refractivity contribution in [3.05, 3.63) is 58.5 Å². The van der Waals surface area contributed by atoms with Gasteiger partial charge in [0.15, 0.2) is 11.6 Å². The lowest BCUT2D eigenvalue weighted by molar-refractivity contribution is -0.120. The number of amides is 1. The van der Waals surface area contributed by atoms with Crippen LogP contribution in [0.15, 0.2) is 42.1 Å². The Kier molecular flexibility index (Phi) is 8.57. The summed E-state index contributed by atoms with van der Waals surface area (Å²) in [5.74, 6) is 0.405. The number of allylic oxidation sites excluding steroid dienone is 4. The van der Waals surface area contributed by atoms with Crippen LogP contribution in [0, 0.1) is 11.2 Å². The largest absolute Gasteiger partial charge is 0.487 e. The Labute approximate surface area is 197 Å². The van der Waals surface area contributed by atoms with Crippen LogP contribution in [0.4, 0.5) is 10.2 Å². The van der Waals surface area contributed by atoms with Crippen molar-refractivity contribution in [3.63, 3.8) is 0 Å². The first-order chi connectivity index (χ1) is 16.0. The summed E-state index contributed by atoms with van der Waals surface area (Å²) in [6.07, 6.45) is 5.64. The third kappa shape index (κ3) is 6.18. The monoisotopic (exact) mass is 471 g/mol. The fourth-order valence-electron chi connectivity index (χ4n) is 3.42. The van der Waals surface area contributed by atoms with E-state index < -0.39 is 5.82 Å². The highest BCUT2D eigenvalue weighted by molar-refractivity contribution is 6.30. The molecular formula is C24H27ClFN5O2. The maximum Gasteiger partial charge on any atom is 0.224 e. The number of nitrogens with one attached hydrogen (secondary N) is 4. The second-order valence-corrected chi connectivity index (χ2v) is 7.81. The fraction of sp³-hybridized carbons (Fsp3) is 0.292. The number of nitrogens with zero attached hydrogens (tertiary/aromatic N) is 1. The van der Waals surface area contributed by atoms with Gasteiger partial charge < -0.3 is 26.1 Å². The number of hydrogen-bond acceptors (Lipinski definition) is 6. The van der Waals surface area contributed by atoms with Crippen LogP contribution < -0.4 is 20.7 Å². The van der Waals surface area contributed by atoms with Gasteiger partial charge in [0.2, 0.25) is 5.91 Å². The number of hydrogen-bond donors (Lipinski definition) is 4. The van der Waals surface area contributed by atoms with Gasteiger partial charge in [-0.25, -0.2) is 9.37 Å². The highest BCUT2D eigenvalue weighted by atomic mass is 35.5. The summed E-state index contributed by atoms with van der Waals surface area (Å²) in [7, 11) is 1.83. The Morgan fingerprint density at radius 1 is 1.39 bits per heavy atom. The average Bonchev–Trinajstić information content (AvgIpc) is 2.82. The smallest absolute Gasteiger partial charge is 0.224 e. The predicted molar refractivity (Wildman–Crippen MR) is 130 cm³/mol. The third-order valence-electron chi connectivity index (χ3n) is 5.02. The number of rotatable bonds is 9. The van der Waals surface area contributed by atoms with Gasteiger partial charge >= 0.3 is 0 Å². The molecule has 1 aliphatic rings. The van der Waals surface area contributed by atoms with Gasteiger partial charge in [-0.1, -0.05) is 17.7 Å². The zero-order valence-corrected chi connectivity index (χ0v) is 19.4. The molecule has 2 aromatic rings. The molecule has 0 spiro atoms. The van der Waals surface area contributed by atoms with Gasteiger partial charge in [0.05, 0.1) is 17.9 Å². The van der Waals surface area contributed by atoms with Gasteiger partial charge in [-0.05, 0) is 62.9 Å². The summed E-state index contributed by atoms with van der Waals surface area (Å²) in [6, 6.07) is 6.04. The molecule has 3 rings (SSSR count). The number of carbonyl (C=O) groups is 1. The molecule has 0 saturated heterocycles. The van der Waals surface area contributed by atoms with Crippen LogP contribution >= 0.6 is 11.6 Å². The van der Waals surface area contributed by atoms with Gasteiger partial charge in [-0.2, -0.15) is 0 Å². The van der Waals surface area contributed by atoms with E-state index >= 15 is 0 Å². The number of benzene rings is 1. The number of halogens is 2. The molecule has 0 unspecified atom stereocenters. The number of ether oxygens (including phenoxy) is 1. The maximum absolute atomic E-state index is 14.6. The third-order valence-corrected chi connectivity index (χ3v) is 5.26. The lowest BCUT2D eigenvalue weighted by atomic mass is 10.00. The molecule has 1 aromatic carbocycles. The fourth-order valence-corrected chi connectivity index (χ4v) is 3.59. The van der Waals surface area contributed by atoms with Gasteiger partial charge in [-0.3, -0.25) is 4.79 Å². The van der Waals surface area contributed by atoms with Crippen LogP contribution in [0.3, 0.4) is 0 Å². The minimum Gasteiger partial charge on any atom is -0.487 e. The first-order valence-electron chi connectivity index (χ1n) is 10.7. The number of fused-ring (bicyclic) bond motifs is 1. The zero-order chi connectivity index (χ0) is 23.8. The van der Waals surface area contributed by atoms with Crippen molar-refractivity contribution in [1.29, 1.82) is 5.41 Å². The average molecular weight is 472 g/mol. The van der Waals surface area contributed by atoms with E-state index in [0.29, 0.717) is 65.1 Å². The molecule has 0 fully saturated rings. The van der Waals surface area contributed by atoms with E-state index in [4.69, 9.17) is 21.7 Å². The van der Waals surface area contributed by atoms with Gasteiger partial charge in [-0.15, -0.1) is 0 Å². The molecule has 1 amide bonds. The minimum atomic E-state index is -0.443. The first-order valence-corrected chi connectivity index (χ1v) is 11.0. The standard InChI is InChI=1S/C24H27ClFN5O2/c1-3-15(11-17(14-27)30-22(32)5-4-8-28-2)18-13-21(19-12-16(25)6-7-20(19)26)31-24-23(18)33-10-9-29-24/h3,6-7,11-14,27-28H,4-5,8-10H2,1-2H3,(H,29,31)(H,30,32)/b15-3+,17-11+,27-14?. The van der Waals surface area contributed by atoms with Crippen LogP contribution in [0.5, 0.6) is 5.75 Å². The number of aromatic nitrogens is 1. The summed E-state index contributed by atoms with van der Waals surface area (Å²) in [6.45, 7) is 3.58. The normalized spacial score (nSPS) is 13.6. The quantitative estimate of drug-likeness (QED) is 0.247. The molecule has 0 saturated carbocycles. The van der Waals surface area contributed by atoms with Crippen molar-refractivity contribution >= 4 is 35.1 Å². The first kappa shape index (κ1) is 24.4. The van der Waals surface area contributed by atoms with Crippen molar-refractivity contribution in [2.75, 3.05) is 32.1 Å². The second-order valence-electron chi connectivity index (χ2n) is 7.38. The minimum absolute atomic E-state index is 0.174. The topological polar surface area (TPSA) is 99.1 Å². The molecule has 0 aliphatic carbocycles. The van der Waals surface area contributed by atoms with Crippen LogP contribution in [0.2, 0.25) is 5.02 Å². The van der Waals surface area contributed by atoms with Crippen molar-refractivity contribution in [2.24, 2.45) is 0 Å². The summed E-state index contributed by atoms with van der Waals surface area (Å²) < 4.78 is 20.5. The SMILES string of the molecule is C/C=C(\C=C(/C=N)NC(=O)CCCNC)c1cc(-c2cc(Cl)ccc2F)nc2c1OCCN2. The van der Waals surface area contributed by atoms with E-state index in [-0.39, 0.29) is 11.5 Å². The Bertz CT molecular complexity index is 1100. The second kappa shape index (κ2) is 11.6. The molecule has 0 radical (unpaired) electrons. The van der Waals surface area contributed by atoms with Crippen LogP contribution in [0.1, 0.15) is 25.3 Å². The predicted octanol–water partition coefficient (Wildman–Crippen LogP) is 4.40. The number of anilines is 1. The molecule has 0 atom stereocenters. The van der Waals surface area contributed by atoms with Crippen LogP contribution in [-0.4, -0.2) is 43.8 Å². The molecule has 1 aromatic heterocycles. The van der Waals surface area contributed by atoms with Gasteiger partial charge in [0.25, 0.3) is 0 Å². The molecular weight excluding hydrogens is 445 g/mol. The van der Waals surface area contributed by atoms with E-state index in [0.717, 1.165) is 12.8 Å². The van der Waals surface area contributed by atoms with E-state index in [1.165, 1.54) is 18.2 Å². The lowest BCUT2D eigenvalue weighted by Crippen LogP contribution is -2.24. The molecule has 4 N–H and O–H groups in total. The summed E-state index contributed by atoms with van der Waals surface area (Å²) in [5.41, 5.74) is 2.34. The number of pyridine rings is 1. The molecule has 9 heteroatoms. The lowest BCUT2D eigenvalue weighted by Gasteiger charge is -2.23. The maximum atomic E-state index is 14.6. The highest BCUT2D eigenvalue weighted by Crippen LogP contribution is 2.39. The molecule has 7 nitrogen and oxygen atoms in total. The van der Waals surface area contributed by atoms with Crippen LogP contribution in [0.25, 0.3) is 16.8 Å².